The zero-order valence-corrected chi connectivity index (χ0v) is 15.9. The van der Waals surface area contributed by atoms with Crippen LogP contribution in [0.1, 0.15) is 43.6 Å². The van der Waals surface area contributed by atoms with Crippen LogP contribution in [0, 0.1) is 0 Å². The molecule has 2 unspecified atom stereocenters. The van der Waals surface area contributed by atoms with Crippen LogP contribution < -0.4 is 10.6 Å². The predicted octanol–water partition coefficient (Wildman–Crippen LogP) is 2.52. The second kappa shape index (κ2) is 8.47. The van der Waals surface area contributed by atoms with Gasteiger partial charge < -0.3 is 15.2 Å². The quantitative estimate of drug-likeness (QED) is 0.836. The van der Waals surface area contributed by atoms with Gasteiger partial charge in [0.15, 0.2) is 0 Å². The summed E-state index contributed by atoms with van der Waals surface area (Å²) in [6.07, 6.45) is 4.87. The molecular formula is C20H29N5O. The van der Waals surface area contributed by atoms with Gasteiger partial charge in [0.05, 0.1) is 12.6 Å². The van der Waals surface area contributed by atoms with Crippen molar-refractivity contribution in [1.29, 1.82) is 0 Å². The number of hydrogen-bond donors (Lipinski definition) is 2. The summed E-state index contributed by atoms with van der Waals surface area (Å²) >= 11 is 0. The van der Waals surface area contributed by atoms with Gasteiger partial charge in [-0.1, -0.05) is 26.0 Å². The van der Waals surface area contributed by atoms with Crippen LogP contribution in [-0.2, 0) is 11.8 Å². The van der Waals surface area contributed by atoms with Crippen molar-refractivity contribution in [2.45, 2.75) is 32.2 Å². The third kappa shape index (κ3) is 4.31. The summed E-state index contributed by atoms with van der Waals surface area (Å²) in [7, 11) is 1.99. The Labute approximate surface area is 155 Å². The number of nitrogens with one attached hydrogen (secondary N) is 2. The van der Waals surface area contributed by atoms with Crippen molar-refractivity contribution in [3.8, 4) is 0 Å². The Balaban J connectivity index is 1.62. The highest BCUT2D eigenvalue weighted by molar-refractivity contribution is 5.92. The molecule has 2 atom stereocenters. The topological polar surface area (TPSA) is 62.2 Å². The van der Waals surface area contributed by atoms with Crippen molar-refractivity contribution >= 4 is 11.6 Å². The molecule has 0 aliphatic carbocycles. The Hall–Kier alpha value is -2.18. The van der Waals surface area contributed by atoms with E-state index in [1.807, 2.05) is 29.9 Å². The molecule has 0 spiro atoms. The molecule has 6 heteroatoms. The first-order valence-electron chi connectivity index (χ1n) is 9.40. The largest absolute Gasteiger partial charge is 0.337 e. The van der Waals surface area contributed by atoms with Gasteiger partial charge in [0.1, 0.15) is 5.82 Å². The van der Waals surface area contributed by atoms with Gasteiger partial charge in [-0.3, -0.25) is 9.69 Å². The Morgan fingerprint density at radius 2 is 2.15 bits per heavy atom. The fourth-order valence-corrected chi connectivity index (χ4v) is 3.40. The minimum Gasteiger partial charge on any atom is -0.337 e. The second-order valence-electron chi connectivity index (χ2n) is 7.07. The maximum absolute atomic E-state index is 12.6. The summed E-state index contributed by atoms with van der Waals surface area (Å²) < 4.78 is 2.02. The van der Waals surface area contributed by atoms with E-state index in [0.717, 1.165) is 37.6 Å². The van der Waals surface area contributed by atoms with Crippen molar-refractivity contribution in [2.24, 2.45) is 7.05 Å². The number of aryl methyl sites for hydroxylation is 1. The van der Waals surface area contributed by atoms with Crippen molar-refractivity contribution < 1.29 is 4.79 Å². The second-order valence-corrected chi connectivity index (χ2v) is 7.07. The Morgan fingerprint density at radius 1 is 1.38 bits per heavy atom. The lowest BCUT2D eigenvalue weighted by Crippen LogP contribution is -2.49. The van der Waals surface area contributed by atoms with Gasteiger partial charge in [-0.15, -0.1) is 0 Å². The molecule has 140 valence electrons. The van der Waals surface area contributed by atoms with Crippen LogP contribution >= 0.6 is 0 Å². The highest BCUT2D eigenvalue weighted by atomic mass is 16.2. The van der Waals surface area contributed by atoms with Crippen molar-refractivity contribution in [3.05, 3.63) is 48.0 Å². The fraction of sp³-hybridized carbons (Fsp3) is 0.500. The monoisotopic (exact) mass is 355 g/mol. The number of aromatic nitrogens is 2. The third-order valence-electron chi connectivity index (χ3n) is 5.23. The van der Waals surface area contributed by atoms with Crippen LogP contribution in [-0.4, -0.2) is 46.5 Å². The first-order valence-corrected chi connectivity index (χ1v) is 9.40. The van der Waals surface area contributed by atoms with E-state index in [-0.39, 0.29) is 11.9 Å². The average molecular weight is 355 g/mol. The van der Waals surface area contributed by atoms with Gasteiger partial charge in [-0.05, 0) is 30.0 Å². The van der Waals surface area contributed by atoms with Gasteiger partial charge in [-0.2, -0.15) is 0 Å². The number of rotatable bonds is 6. The molecule has 1 aromatic heterocycles. The average Bonchev–Trinajstić information content (AvgIpc) is 3.08. The van der Waals surface area contributed by atoms with Crippen LogP contribution in [0.2, 0.25) is 0 Å². The molecule has 26 heavy (non-hydrogen) atoms. The SMILES string of the molecule is CCC(C)c1ccc(NC(=O)CN2CCNCC2c2nccn2C)cc1. The van der Waals surface area contributed by atoms with E-state index in [2.05, 4.69) is 46.5 Å². The molecule has 1 saturated heterocycles. The van der Waals surface area contributed by atoms with Crippen LogP contribution in [0.3, 0.4) is 0 Å². The van der Waals surface area contributed by atoms with Crippen LogP contribution in [0.15, 0.2) is 36.7 Å². The summed E-state index contributed by atoms with van der Waals surface area (Å²) in [5.74, 6) is 1.55. The lowest BCUT2D eigenvalue weighted by atomic mass is 9.99. The van der Waals surface area contributed by atoms with E-state index in [0.29, 0.717) is 12.5 Å². The Kier molecular flexibility index (Phi) is 6.06. The molecule has 1 fully saturated rings. The molecule has 1 aliphatic heterocycles. The lowest BCUT2D eigenvalue weighted by Gasteiger charge is -2.35. The molecule has 2 N–H and O–H groups in total. The normalized spacial score (nSPS) is 19.3. The number of carbonyl (C=O) groups is 1. The third-order valence-corrected chi connectivity index (χ3v) is 5.23. The number of anilines is 1. The van der Waals surface area contributed by atoms with E-state index >= 15 is 0 Å². The van der Waals surface area contributed by atoms with E-state index in [1.165, 1.54) is 5.56 Å². The number of piperazine rings is 1. The molecule has 1 aromatic carbocycles. The maximum atomic E-state index is 12.6. The number of imidazole rings is 1. The molecule has 6 nitrogen and oxygen atoms in total. The number of nitrogens with zero attached hydrogens (tertiary/aromatic N) is 3. The predicted molar refractivity (Wildman–Crippen MR) is 104 cm³/mol. The van der Waals surface area contributed by atoms with Crippen molar-refractivity contribution in [3.63, 3.8) is 0 Å². The molecule has 0 radical (unpaired) electrons. The summed E-state index contributed by atoms with van der Waals surface area (Å²) in [5, 5.41) is 6.42. The highest BCUT2D eigenvalue weighted by Crippen LogP contribution is 2.22. The molecule has 2 heterocycles. The minimum absolute atomic E-state index is 0.0161. The summed E-state index contributed by atoms with van der Waals surface area (Å²) in [4.78, 5) is 19.2. The van der Waals surface area contributed by atoms with E-state index < -0.39 is 0 Å². The number of hydrogen-bond acceptors (Lipinski definition) is 4. The fourth-order valence-electron chi connectivity index (χ4n) is 3.40. The zero-order chi connectivity index (χ0) is 18.5. The first-order chi connectivity index (χ1) is 12.6. The lowest BCUT2D eigenvalue weighted by molar-refractivity contribution is -0.118. The smallest absolute Gasteiger partial charge is 0.238 e. The van der Waals surface area contributed by atoms with Gasteiger partial charge in [0.25, 0.3) is 0 Å². The van der Waals surface area contributed by atoms with Crippen molar-refractivity contribution in [2.75, 3.05) is 31.5 Å². The standard InChI is InChI=1S/C20H29N5O/c1-4-15(2)16-5-7-17(8-6-16)23-19(26)14-25-12-9-21-13-18(25)20-22-10-11-24(20)3/h5-8,10-11,15,18,21H,4,9,12-14H2,1-3H3,(H,23,26). The van der Waals surface area contributed by atoms with E-state index in [9.17, 15) is 4.79 Å². The van der Waals surface area contributed by atoms with Gasteiger partial charge in [0, 0.05) is 44.8 Å². The maximum Gasteiger partial charge on any atom is 0.238 e. The minimum atomic E-state index is 0.0161. The zero-order valence-electron chi connectivity index (χ0n) is 15.9. The summed E-state index contributed by atoms with van der Waals surface area (Å²) in [6.45, 7) is 7.30. The molecular weight excluding hydrogens is 326 g/mol. The van der Waals surface area contributed by atoms with E-state index in [1.54, 1.807) is 6.20 Å². The summed E-state index contributed by atoms with van der Waals surface area (Å²) in [5.41, 5.74) is 2.16. The molecule has 0 saturated carbocycles. The Bertz CT molecular complexity index is 724. The van der Waals surface area contributed by atoms with Crippen molar-refractivity contribution in [1.82, 2.24) is 19.8 Å². The highest BCUT2D eigenvalue weighted by Gasteiger charge is 2.28. The molecule has 0 bridgehead atoms. The van der Waals surface area contributed by atoms with Crippen LogP contribution in [0.5, 0.6) is 0 Å². The van der Waals surface area contributed by atoms with Crippen LogP contribution in [0.25, 0.3) is 0 Å². The van der Waals surface area contributed by atoms with Gasteiger partial charge >= 0.3 is 0 Å². The first kappa shape index (κ1) is 18.6. The van der Waals surface area contributed by atoms with Crippen LogP contribution in [0.4, 0.5) is 5.69 Å². The van der Waals surface area contributed by atoms with E-state index in [4.69, 9.17) is 0 Å². The molecule has 1 amide bonds. The van der Waals surface area contributed by atoms with Gasteiger partial charge in [-0.25, -0.2) is 4.98 Å². The molecule has 1 aliphatic rings. The molecule has 2 aromatic rings. The van der Waals surface area contributed by atoms with Gasteiger partial charge in [0.2, 0.25) is 5.91 Å². The molecule has 3 rings (SSSR count). The number of benzene rings is 1. The Morgan fingerprint density at radius 3 is 2.81 bits per heavy atom. The summed E-state index contributed by atoms with van der Waals surface area (Å²) in [6, 6.07) is 8.31. The number of amides is 1. The number of carbonyl (C=O) groups excluding carboxylic acids is 1.